The molecule has 0 aliphatic heterocycles. The Kier molecular flexibility index (Phi) is 10.2. The Morgan fingerprint density at radius 3 is 2.09 bits per heavy atom. The van der Waals surface area contributed by atoms with E-state index in [2.05, 4.69) is 23.8 Å². The lowest BCUT2D eigenvalue weighted by Crippen LogP contribution is -2.09. The number of nitrogens with zero attached hydrogens (tertiary/aromatic N) is 2. The minimum absolute atomic E-state index is 0.0538. The maximum Gasteiger partial charge on any atom is 0.343 e. The van der Waals surface area contributed by atoms with Crippen LogP contribution < -0.4 is 4.74 Å². The van der Waals surface area contributed by atoms with E-state index in [0.717, 1.165) is 55.2 Å². The number of rotatable bonds is 13. The Morgan fingerprint density at radius 2 is 1.41 bits per heavy atom. The largest absolute Gasteiger partial charge is 0.420 e. The van der Waals surface area contributed by atoms with Gasteiger partial charge < -0.3 is 4.74 Å². The number of esters is 1. The van der Waals surface area contributed by atoms with Crippen LogP contribution in [-0.2, 0) is 12.8 Å². The lowest BCUT2D eigenvalue weighted by molar-refractivity contribution is 0.0728. The summed E-state index contributed by atoms with van der Waals surface area (Å²) in [6.45, 7) is 4.35. The molecule has 0 unspecified atom stereocenters. The summed E-state index contributed by atoms with van der Waals surface area (Å²) in [6.07, 6.45) is 15.0. The predicted octanol–water partition coefficient (Wildman–Crippen LogP) is 7.75. The van der Waals surface area contributed by atoms with Crippen molar-refractivity contribution in [3.63, 3.8) is 0 Å². The normalized spacial score (nSPS) is 10.9. The van der Waals surface area contributed by atoms with Crippen LogP contribution in [0, 0.1) is 5.82 Å². The molecule has 34 heavy (non-hydrogen) atoms. The van der Waals surface area contributed by atoms with Gasteiger partial charge in [-0.2, -0.15) is 0 Å². The predicted molar refractivity (Wildman–Crippen MR) is 135 cm³/mol. The van der Waals surface area contributed by atoms with Crippen LogP contribution in [0.5, 0.6) is 5.75 Å². The number of aromatic nitrogens is 2. The van der Waals surface area contributed by atoms with E-state index in [1.165, 1.54) is 37.8 Å². The molecule has 180 valence electrons. The van der Waals surface area contributed by atoms with E-state index < -0.39 is 11.8 Å². The first-order valence-corrected chi connectivity index (χ1v) is 12.5. The summed E-state index contributed by atoms with van der Waals surface area (Å²) in [5.74, 6) is -0.553. The zero-order valence-corrected chi connectivity index (χ0v) is 20.4. The van der Waals surface area contributed by atoms with E-state index in [9.17, 15) is 9.18 Å². The first-order valence-electron chi connectivity index (χ1n) is 12.5. The molecule has 1 heterocycles. The first-order chi connectivity index (χ1) is 16.6. The van der Waals surface area contributed by atoms with Gasteiger partial charge in [-0.3, -0.25) is 0 Å². The van der Waals surface area contributed by atoms with E-state index in [0.29, 0.717) is 11.4 Å². The van der Waals surface area contributed by atoms with Gasteiger partial charge >= 0.3 is 5.97 Å². The van der Waals surface area contributed by atoms with Crippen molar-refractivity contribution < 1.29 is 13.9 Å². The zero-order valence-electron chi connectivity index (χ0n) is 20.4. The van der Waals surface area contributed by atoms with E-state index in [1.807, 2.05) is 18.5 Å². The van der Waals surface area contributed by atoms with Gasteiger partial charge in [0, 0.05) is 18.0 Å². The van der Waals surface area contributed by atoms with Gasteiger partial charge in [-0.25, -0.2) is 19.2 Å². The van der Waals surface area contributed by atoms with E-state index in [1.54, 1.807) is 24.3 Å². The molecule has 2 aromatic carbocycles. The fourth-order valence-corrected chi connectivity index (χ4v) is 3.84. The molecule has 0 bridgehead atoms. The van der Waals surface area contributed by atoms with Crippen LogP contribution in [0.1, 0.15) is 86.7 Å². The molecule has 0 saturated heterocycles. The molecule has 0 atom stereocenters. The van der Waals surface area contributed by atoms with Crippen molar-refractivity contribution in [2.75, 3.05) is 0 Å². The molecule has 0 amide bonds. The first kappa shape index (κ1) is 25.5. The van der Waals surface area contributed by atoms with Crippen molar-refractivity contribution in [3.8, 4) is 17.1 Å². The fraction of sp³-hybridized carbons (Fsp3) is 0.414. The van der Waals surface area contributed by atoms with Gasteiger partial charge in [-0.1, -0.05) is 70.6 Å². The quantitative estimate of drug-likeness (QED) is 0.148. The summed E-state index contributed by atoms with van der Waals surface area (Å²) in [5, 5.41) is 0. The lowest BCUT2D eigenvalue weighted by atomic mass is 10.1. The number of benzene rings is 2. The minimum Gasteiger partial charge on any atom is -0.420 e. The summed E-state index contributed by atoms with van der Waals surface area (Å²) in [5.41, 5.74) is 3.21. The highest BCUT2D eigenvalue weighted by Gasteiger charge is 2.13. The standard InChI is InChI=1S/C29H35FN2O2/c1-3-5-7-8-10-12-23-20-31-28(32-21-23)24-14-16-25(17-15-24)29(33)34-27-18-13-22(19-26(27)30)11-9-6-4-2/h13-21H,3-12H2,1-2H3. The SMILES string of the molecule is CCCCCCCc1cnc(-c2ccc(C(=O)Oc3ccc(CCCCC)cc3F)cc2)nc1. The molecule has 0 spiro atoms. The minimum atomic E-state index is -0.594. The van der Waals surface area contributed by atoms with E-state index in [-0.39, 0.29) is 5.75 Å². The number of hydrogen-bond donors (Lipinski definition) is 0. The Hall–Kier alpha value is -3.08. The monoisotopic (exact) mass is 462 g/mol. The van der Waals surface area contributed by atoms with Crippen molar-refractivity contribution >= 4 is 5.97 Å². The van der Waals surface area contributed by atoms with Crippen molar-refractivity contribution in [1.82, 2.24) is 9.97 Å². The molecule has 0 fully saturated rings. The zero-order chi connectivity index (χ0) is 24.2. The molecule has 0 radical (unpaired) electrons. The third-order valence-corrected chi connectivity index (χ3v) is 5.92. The molecule has 5 heteroatoms. The van der Waals surface area contributed by atoms with Crippen LogP contribution in [-0.4, -0.2) is 15.9 Å². The summed E-state index contributed by atoms with van der Waals surface area (Å²) >= 11 is 0. The van der Waals surface area contributed by atoms with Crippen LogP contribution in [0.2, 0.25) is 0 Å². The van der Waals surface area contributed by atoms with Crippen LogP contribution in [0.25, 0.3) is 11.4 Å². The van der Waals surface area contributed by atoms with Gasteiger partial charge in [0.15, 0.2) is 17.4 Å². The molecule has 0 saturated carbocycles. The summed E-state index contributed by atoms with van der Waals surface area (Å²) in [4.78, 5) is 21.5. The van der Waals surface area contributed by atoms with Gasteiger partial charge in [0.25, 0.3) is 0 Å². The van der Waals surface area contributed by atoms with Crippen LogP contribution in [0.15, 0.2) is 54.9 Å². The number of hydrogen-bond acceptors (Lipinski definition) is 4. The molecule has 0 aliphatic carbocycles. The highest BCUT2D eigenvalue weighted by atomic mass is 19.1. The molecular formula is C29H35FN2O2. The van der Waals surface area contributed by atoms with Gasteiger partial charge in [-0.05, 0) is 61.1 Å². The van der Waals surface area contributed by atoms with Crippen molar-refractivity contribution in [2.45, 2.75) is 78.1 Å². The van der Waals surface area contributed by atoms with Gasteiger partial charge in [0.1, 0.15) is 0 Å². The third kappa shape index (κ3) is 7.75. The maximum absolute atomic E-state index is 14.4. The smallest absolute Gasteiger partial charge is 0.343 e. The van der Waals surface area contributed by atoms with Gasteiger partial charge in [-0.15, -0.1) is 0 Å². The summed E-state index contributed by atoms with van der Waals surface area (Å²) in [6, 6.07) is 11.7. The number of aryl methyl sites for hydroxylation is 2. The number of carbonyl (C=O) groups excluding carboxylic acids is 1. The van der Waals surface area contributed by atoms with Crippen LogP contribution in [0.3, 0.4) is 0 Å². The Morgan fingerprint density at radius 1 is 0.794 bits per heavy atom. The average molecular weight is 463 g/mol. The van der Waals surface area contributed by atoms with E-state index in [4.69, 9.17) is 4.74 Å². The number of unbranched alkanes of at least 4 members (excludes halogenated alkanes) is 6. The van der Waals surface area contributed by atoms with E-state index >= 15 is 0 Å². The number of carbonyl (C=O) groups is 1. The molecule has 4 nitrogen and oxygen atoms in total. The molecular weight excluding hydrogens is 427 g/mol. The average Bonchev–Trinajstić information content (AvgIpc) is 2.86. The molecule has 3 rings (SSSR count). The van der Waals surface area contributed by atoms with Crippen molar-refractivity contribution in [2.24, 2.45) is 0 Å². The fourth-order valence-electron chi connectivity index (χ4n) is 3.84. The lowest BCUT2D eigenvalue weighted by Gasteiger charge is -2.08. The number of ether oxygens (including phenoxy) is 1. The highest BCUT2D eigenvalue weighted by Crippen LogP contribution is 2.22. The topological polar surface area (TPSA) is 52.1 Å². The Labute approximate surface area is 202 Å². The maximum atomic E-state index is 14.4. The molecule has 0 N–H and O–H groups in total. The van der Waals surface area contributed by atoms with Gasteiger partial charge in [0.2, 0.25) is 0 Å². The highest BCUT2D eigenvalue weighted by molar-refractivity contribution is 5.91. The van der Waals surface area contributed by atoms with Crippen LogP contribution in [0.4, 0.5) is 4.39 Å². The third-order valence-electron chi connectivity index (χ3n) is 5.92. The van der Waals surface area contributed by atoms with Crippen molar-refractivity contribution in [1.29, 1.82) is 0 Å². The second-order valence-electron chi connectivity index (χ2n) is 8.77. The molecule has 1 aromatic heterocycles. The Balaban J connectivity index is 1.55. The van der Waals surface area contributed by atoms with Crippen molar-refractivity contribution in [3.05, 3.63) is 77.4 Å². The second kappa shape index (κ2) is 13.6. The summed E-state index contributed by atoms with van der Waals surface area (Å²) < 4.78 is 19.7. The summed E-state index contributed by atoms with van der Waals surface area (Å²) in [7, 11) is 0. The molecule has 0 aliphatic rings. The second-order valence-corrected chi connectivity index (χ2v) is 8.77. The van der Waals surface area contributed by atoms with Crippen LogP contribution >= 0.6 is 0 Å². The Bertz CT molecular complexity index is 1030. The number of halogens is 1. The molecule has 3 aromatic rings. The van der Waals surface area contributed by atoms with Gasteiger partial charge in [0.05, 0.1) is 5.56 Å².